The van der Waals surface area contributed by atoms with E-state index in [4.69, 9.17) is 16.3 Å². The van der Waals surface area contributed by atoms with Gasteiger partial charge in [-0.2, -0.15) is 0 Å². The third kappa shape index (κ3) is 3.73. The van der Waals surface area contributed by atoms with Gasteiger partial charge >= 0.3 is 0 Å². The van der Waals surface area contributed by atoms with Gasteiger partial charge in [-0.05, 0) is 36.8 Å². The summed E-state index contributed by atoms with van der Waals surface area (Å²) in [5.74, 6) is 0.254. The lowest BCUT2D eigenvalue weighted by Gasteiger charge is -2.13. The van der Waals surface area contributed by atoms with Crippen molar-refractivity contribution in [3.8, 4) is 5.75 Å². The van der Waals surface area contributed by atoms with Crippen LogP contribution in [-0.2, 0) is 0 Å². The number of nitrogens with one attached hydrogen (secondary N) is 1. The summed E-state index contributed by atoms with van der Waals surface area (Å²) in [6.45, 7) is 1.86. The Morgan fingerprint density at radius 1 is 1.33 bits per heavy atom. The van der Waals surface area contributed by atoms with Crippen molar-refractivity contribution >= 4 is 51.8 Å². The number of carbonyl (C=O) groups is 1. The Hall–Kier alpha value is -1.17. The molecule has 0 aliphatic heterocycles. The van der Waals surface area contributed by atoms with E-state index >= 15 is 0 Å². The second-order valence-corrected chi connectivity index (χ2v) is 6.22. The quantitative estimate of drug-likeness (QED) is 0.732. The molecule has 1 amide bonds. The molecule has 2 aromatic rings. The average Bonchev–Trinajstić information content (AvgIpc) is 2.42. The third-order valence-corrected chi connectivity index (χ3v) is 4.20. The number of amides is 1. The van der Waals surface area contributed by atoms with Crippen LogP contribution in [0.2, 0.25) is 5.02 Å². The zero-order valence-electron chi connectivity index (χ0n) is 11.4. The molecule has 0 fully saturated rings. The van der Waals surface area contributed by atoms with Crippen LogP contribution >= 0.6 is 40.2 Å². The minimum Gasteiger partial charge on any atom is -0.495 e. The van der Waals surface area contributed by atoms with Gasteiger partial charge in [0.2, 0.25) is 0 Å². The van der Waals surface area contributed by atoms with Crippen molar-refractivity contribution in [2.45, 2.75) is 11.8 Å². The van der Waals surface area contributed by atoms with Crippen LogP contribution < -0.4 is 10.1 Å². The highest BCUT2D eigenvalue weighted by molar-refractivity contribution is 9.10. The smallest absolute Gasteiger partial charge is 0.256 e. The van der Waals surface area contributed by atoms with Gasteiger partial charge in [0, 0.05) is 20.5 Å². The maximum atomic E-state index is 12.3. The molecule has 0 aliphatic rings. The predicted molar refractivity (Wildman–Crippen MR) is 92.1 cm³/mol. The molecule has 0 unspecified atom stereocenters. The average molecular weight is 387 g/mol. The fourth-order valence-corrected chi connectivity index (χ4v) is 2.82. The van der Waals surface area contributed by atoms with E-state index in [2.05, 4.69) is 33.9 Å². The number of anilines is 1. The molecule has 0 radical (unpaired) electrons. The summed E-state index contributed by atoms with van der Waals surface area (Å²) >= 11 is 13.7. The van der Waals surface area contributed by atoms with Crippen LogP contribution in [0.25, 0.3) is 0 Å². The molecule has 1 N–H and O–H groups in total. The van der Waals surface area contributed by atoms with Gasteiger partial charge < -0.3 is 10.1 Å². The van der Waals surface area contributed by atoms with Gasteiger partial charge in [0.15, 0.2) is 0 Å². The monoisotopic (exact) mass is 385 g/mol. The molecule has 0 saturated carbocycles. The van der Waals surface area contributed by atoms with Gasteiger partial charge in [-0.1, -0.05) is 27.5 Å². The molecule has 0 bridgehead atoms. The number of hydrogen-bond acceptors (Lipinski definition) is 3. The van der Waals surface area contributed by atoms with Crippen molar-refractivity contribution in [3.05, 3.63) is 51.0 Å². The number of halogens is 2. The first-order chi connectivity index (χ1) is 9.92. The standard InChI is InChI=1S/C15H13BrClNO2S/c1-8-5-12(13(20-2)7-11(8)17)18-15(19)10-4-3-9(16)6-14(10)21/h3-7,21H,1-2H3,(H,18,19). The molecule has 0 saturated heterocycles. The van der Waals surface area contributed by atoms with Crippen LogP contribution in [0.15, 0.2) is 39.7 Å². The summed E-state index contributed by atoms with van der Waals surface area (Å²) in [7, 11) is 1.53. The molecule has 2 rings (SSSR count). The van der Waals surface area contributed by atoms with E-state index in [9.17, 15) is 4.79 Å². The molecule has 21 heavy (non-hydrogen) atoms. The van der Waals surface area contributed by atoms with Crippen LogP contribution in [-0.4, -0.2) is 13.0 Å². The number of rotatable bonds is 3. The molecular formula is C15H13BrClNO2S. The van der Waals surface area contributed by atoms with Crippen LogP contribution in [0.3, 0.4) is 0 Å². The number of thiol groups is 1. The van der Waals surface area contributed by atoms with E-state index in [1.807, 2.05) is 6.92 Å². The van der Waals surface area contributed by atoms with Gasteiger partial charge in [-0.15, -0.1) is 12.6 Å². The van der Waals surface area contributed by atoms with Gasteiger partial charge in [-0.25, -0.2) is 0 Å². The maximum Gasteiger partial charge on any atom is 0.256 e. The SMILES string of the molecule is COc1cc(Cl)c(C)cc1NC(=O)c1ccc(Br)cc1S. The molecule has 0 aliphatic carbocycles. The van der Waals surface area contributed by atoms with Crippen LogP contribution in [0, 0.1) is 6.92 Å². The van der Waals surface area contributed by atoms with E-state index < -0.39 is 0 Å². The summed E-state index contributed by atoms with van der Waals surface area (Å²) < 4.78 is 6.11. The molecule has 6 heteroatoms. The summed E-state index contributed by atoms with van der Waals surface area (Å²) in [5, 5.41) is 3.41. The van der Waals surface area contributed by atoms with Crippen molar-refractivity contribution in [2.24, 2.45) is 0 Å². The zero-order valence-corrected chi connectivity index (χ0v) is 14.6. The summed E-state index contributed by atoms with van der Waals surface area (Å²) in [4.78, 5) is 12.9. The van der Waals surface area contributed by atoms with E-state index in [1.165, 1.54) is 7.11 Å². The van der Waals surface area contributed by atoms with E-state index in [-0.39, 0.29) is 5.91 Å². The van der Waals surface area contributed by atoms with Crippen LogP contribution in [0.5, 0.6) is 5.75 Å². The second-order valence-electron chi connectivity index (χ2n) is 4.42. The molecule has 110 valence electrons. The first kappa shape index (κ1) is 16.2. The Morgan fingerprint density at radius 2 is 2.05 bits per heavy atom. The van der Waals surface area contributed by atoms with Gasteiger partial charge in [-0.3, -0.25) is 4.79 Å². The topological polar surface area (TPSA) is 38.3 Å². The number of hydrogen-bond donors (Lipinski definition) is 2. The van der Waals surface area contributed by atoms with Crippen LogP contribution in [0.4, 0.5) is 5.69 Å². The van der Waals surface area contributed by atoms with Crippen molar-refractivity contribution in [3.63, 3.8) is 0 Å². The highest BCUT2D eigenvalue weighted by atomic mass is 79.9. The van der Waals surface area contributed by atoms with E-state index in [0.717, 1.165) is 10.0 Å². The number of carbonyl (C=O) groups excluding carboxylic acids is 1. The zero-order chi connectivity index (χ0) is 15.6. The summed E-state index contributed by atoms with van der Waals surface area (Å²) in [6, 6.07) is 8.71. The molecule has 0 spiro atoms. The van der Waals surface area contributed by atoms with Gasteiger partial charge in [0.05, 0.1) is 18.4 Å². The largest absolute Gasteiger partial charge is 0.495 e. The minimum absolute atomic E-state index is 0.257. The number of aryl methyl sites for hydroxylation is 1. The molecule has 0 aromatic heterocycles. The number of ether oxygens (including phenoxy) is 1. The van der Waals surface area contributed by atoms with Crippen molar-refractivity contribution in [2.75, 3.05) is 12.4 Å². The number of methoxy groups -OCH3 is 1. The normalized spacial score (nSPS) is 10.3. The first-order valence-electron chi connectivity index (χ1n) is 6.06. The third-order valence-electron chi connectivity index (χ3n) is 2.93. The Kier molecular flexibility index (Phi) is 5.19. The lowest BCUT2D eigenvalue weighted by molar-refractivity contribution is 0.102. The molecule has 0 atom stereocenters. The van der Waals surface area contributed by atoms with Gasteiger partial charge in [0.25, 0.3) is 5.91 Å². The van der Waals surface area contributed by atoms with Crippen LogP contribution in [0.1, 0.15) is 15.9 Å². The molecule has 2 aromatic carbocycles. The fraction of sp³-hybridized carbons (Fsp3) is 0.133. The van der Waals surface area contributed by atoms with Crippen molar-refractivity contribution in [1.82, 2.24) is 0 Å². The Morgan fingerprint density at radius 3 is 2.67 bits per heavy atom. The Labute approximate surface area is 142 Å². The second kappa shape index (κ2) is 6.73. The fourth-order valence-electron chi connectivity index (χ4n) is 1.82. The number of benzene rings is 2. The summed E-state index contributed by atoms with van der Waals surface area (Å²) in [5.41, 5.74) is 1.91. The molecule has 3 nitrogen and oxygen atoms in total. The first-order valence-corrected chi connectivity index (χ1v) is 7.68. The highest BCUT2D eigenvalue weighted by Gasteiger charge is 2.14. The minimum atomic E-state index is -0.257. The Bertz CT molecular complexity index is 706. The van der Waals surface area contributed by atoms with Crippen molar-refractivity contribution in [1.29, 1.82) is 0 Å². The van der Waals surface area contributed by atoms with Crippen molar-refractivity contribution < 1.29 is 9.53 Å². The molecular weight excluding hydrogens is 374 g/mol. The highest BCUT2D eigenvalue weighted by Crippen LogP contribution is 2.31. The maximum absolute atomic E-state index is 12.3. The predicted octanol–water partition coefficient (Wildman–Crippen LogP) is 4.96. The van der Waals surface area contributed by atoms with E-state index in [1.54, 1.807) is 30.3 Å². The van der Waals surface area contributed by atoms with Gasteiger partial charge in [0.1, 0.15) is 5.75 Å². The lowest BCUT2D eigenvalue weighted by atomic mass is 10.1. The summed E-state index contributed by atoms with van der Waals surface area (Å²) in [6.07, 6.45) is 0. The van der Waals surface area contributed by atoms with E-state index in [0.29, 0.717) is 26.9 Å². The molecule has 0 heterocycles. The lowest BCUT2D eigenvalue weighted by Crippen LogP contribution is -2.13. The Balaban J connectivity index is 2.33.